The number of ether oxygens (including phenoxy) is 1. The molecule has 1 aromatic carbocycles. The van der Waals surface area contributed by atoms with Crippen LogP contribution in [-0.4, -0.2) is 28.6 Å². The van der Waals surface area contributed by atoms with E-state index in [1.807, 2.05) is 25.1 Å². The number of hydrogen-bond donors (Lipinski definition) is 0. The van der Waals surface area contributed by atoms with Gasteiger partial charge in [0.25, 0.3) is 0 Å². The molecule has 0 fully saturated rings. The first kappa shape index (κ1) is 13.7. The van der Waals surface area contributed by atoms with E-state index in [0.717, 1.165) is 29.8 Å². The Labute approximate surface area is 117 Å². The Hall–Kier alpha value is -0.770. The van der Waals surface area contributed by atoms with E-state index < -0.39 is 0 Å². The van der Waals surface area contributed by atoms with Gasteiger partial charge in [-0.15, -0.1) is 11.6 Å². The highest BCUT2D eigenvalue weighted by molar-refractivity contribution is 6.34. The molecule has 5 heteroatoms. The van der Waals surface area contributed by atoms with E-state index in [4.69, 9.17) is 27.9 Å². The lowest BCUT2D eigenvalue weighted by atomic mass is 10.3. The molecule has 98 valence electrons. The number of benzene rings is 1. The van der Waals surface area contributed by atoms with Gasteiger partial charge >= 0.3 is 0 Å². The molecule has 3 nitrogen and oxygen atoms in total. The van der Waals surface area contributed by atoms with E-state index >= 15 is 0 Å². The standard InChI is InChI=1S/C13H16Cl2N2O/c1-9(18-2)8-17-11-5-3-4-10(15)13(11)16-12(17)6-7-14/h3-5,9H,6-8H2,1-2H3. The molecule has 0 saturated heterocycles. The fraction of sp³-hybridized carbons (Fsp3) is 0.462. The van der Waals surface area contributed by atoms with Crippen molar-refractivity contribution in [2.75, 3.05) is 13.0 Å². The fourth-order valence-corrected chi connectivity index (χ4v) is 2.35. The number of aryl methyl sites for hydroxylation is 1. The first-order chi connectivity index (χ1) is 8.67. The van der Waals surface area contributed by atoms with Crippen LogP contribution >= 0.6 is 23.2 Å². The number of imidazole rings is 1. The van der Waals surface area contributed by atoms with Crippen molar-refractivity contribution in [2.45, 2.75) is 26.0 Å². The van der Waals surface area contributed by atoms with Crippen LogP contribution in [-0.2, 0) is 17.7 Å². The molecule has 18 heavy (non-hydrogen) atoms. The summed E-state index contributed by atoms with van der Waals surface area (Å²) >= 11 is 12.0. The van der Waals surface area contributed by atoms with Crippen LogP contribution in [0.4, 0.5) is 0 Å². The molecule has 2 rings (SSSR count). The lowest BCUT2D eigenvalue weighted by Gasteiger charge is -2.13. The van der Waals surface area contributed by atoms with Crippen LogP contribution in [0.2, 0.25) is 5.02 Å². The maximum Gasteiger partial charge on any atom is 0.111 e. The van der Waals surface area contributed by atoms with Crippen molar-refractivity contribution in [2.24, 2.45) is 0 Å². The van der Waals surface area contributed by atoms with E-state index in [1.54, 1.807) is 7.11 Å². The van der Waals surface area contributed by atoms with Gasteiger partial charge in [-0.3, -0.25) is 0 Å². The van der Waals surface area contributed by atoms with Gasteiger partial charge in [0.05, 0.1) is 23.2 Å². The molecule has 2 aromatic rings. The van der Waals surface area contributed by atoms with Gasteiger partial charge in [0.15, 0.2) is 0 Å². The summed E-state index contributed by atoms with van der Waals surface area (Å²) in [5, 5.41) is 0.673. The Morgan fingerprint density at radius 2 is 2.22 bits per heavy atom. The summed E-state index contributed by atoms with van der Waals surface area (Å²) in [5.41, 5.74) is 1.87. The molecule has 1 unspecified atom stereocenters. The molecule has 0 radical (unpaired) electrons. The first-order valence-corrected chi connectivity index (χ1v) is 6.81. The van der Waals surface area contributed by atoms with E-state index in [0.29, 0.717) is 10.9 Å². The fourth-order valence-electron chi connectivity index (χ4n) is 1.97. The van der Waals surface area contributed by atoms with Crippen molar-refractivity contribution in [3.05, 3.63) is 29.0 Å². The van der Waals surface area contributed by atoms with Gasteiger partial charge in [-0.2, -0.15) is 0 Å². The largest absolute Gasteiger partial charge is 0.380 e. The minimum absolute atomic E-state index is 0.121. The molecule has 0 N–H and O–H groups in total. The molecular formula is C13H16Cl2N2O. The second-order valence-corrected chi connectivity index (χ2v) is 5.02. The second-order valence-electron chi connectivity index (χ2n) is 4.23. The van der Waals surface area contributed by atoms with Crippen LogP contribution in [0.15, 0.2) is 18.2 Å². The van der Waals surface area contributed by atoms with Gasteiger partial charge in [0.2, 0.25) is 0 Å². The predicted octanol–water partition coefficient (Wildman–Crippen LogP) is 3.51. The number of fused-ring (bicyclic) bond motifs is 1. The van der Waals surface area contributed by atoms with Gasteiger partial charge in [-0.1, -0.05) is 17.7 Å². The predicted molar refractivity (Wildman–Crippen MR) is 75.6 cm³/mol. The lowest BCUT2D eigenvalue weighted by Crippen LogP contribution is -2.17. The van der Waals surface area contributed by atoms with Crippen molar-refractivity contribution in [3.8, 4) is 0 Å². The molecule has 0 aliphatic carbocycles. The number of hydrogen-bond acceptors (Lipinski definition) is 2. The Balaban J connectivity index is 2.52. The summed E-state index contributed by atoms with van der Waals surface area (Å²) in [5.74, 6) is 1.50. The Kier molecular flexibility index (Phi) is 4.49. The zero-order valence-corrected chi connectivity index (χ0v) is 12.0. The van der Waals surface area contributed by atoms with E-state index in [2.05, 4.69) is 9.55 Å². The minimum Gasteiger partial charge on any atom is -0.380 e. The van der Waals surface area contributed by atoms with Gasteiger partial charge in [-0.05, 0) is 19.1 Å². The molecule has 0 aliphatic rings. The van der Waals surface area contributed by atoms with E-state index in [9.17, 15) is 0 Å². The van der Waals surface area contributed by atoms with E-state index in [-0.39, 0.29) is 6.10 Å². The SMILES string of the molecule is COC(C)Cn1c(CCCl)nc2c(Cl)cccc21. The number of nitrogens with zero attached hydrogens (tertiary/aromatic N) is 2. The first-order valence-electron chi connectivity index (χ1n) is 5.89. The second kappa shape index (κ2) is 5.91. The Morgan fingerprint density at radius 3 is 2.89 bits per heavy atom. The molecule has 0 bridgehead atoms. The highest BCUT2D eigenvalue weighted by atomic mass is 35.5. The zero-order chi connectivity index (χ0) is 13.1. The average molecular weight is 287 g/mol. The summed E-state index contributed by atoms with van der Waals surface area (Å²) < 4.78 is 7.46. The molecule has 0 saturated carbocycles. The lowest BCUT2D eigenvalue weighted by molar-refractivity contribution is 0.103. The summed E-state index contributed by atoms with van der Waals surface area (Å²) in [4.78, 5) is 4.58. The molecular weight excluding hydrogens is 271 g/mol. The van der Waals surface area contributed by atoms with Crippen LogP contribution in [0.3, 0.4) is 0 Å². The molecule has 0 amide bonds. The van der Waals surface area contributed by atoms with Gasteiger partial charge in [0.1, 0.15) is 11.3 Å². The number of halogens is 2. The van der Waals surface area contributed by atoms with Crippen LogP contribution < -0.4 is 0 Å². The van der Waals surface area contributed by atoms with Crippen molar-refractivity contribution in [3.63, 3.8) is 0 Å². The smallest absolute Gasteiger partial charge is 0.111 e. The quantitative estimate of drug-likeness (QED) is 0.787. The summed E-state index contributed by atoms with van der Waals surface area (Å²) in [6, 6.07) is 5.81. The van der Waals surface area contributed by atoms with Crippen LogP contribution in [0.25, 0.3) is 11.0 Å². The van der Waals surface area contributed by atoms with Crippen molar-refractivity contribution < 1.29 is 4.74 Å². The van der Waals surface area contributed by atoms with Crippen LogP contribution in [0, 0.1) is 0 Å². The number of para-hydroxylation sites is 1. The van der Waals surface area contributed by atoms with E-state index in [1.165, 1.54) is 0 Å². The van der Waals surface area contributed by atoms with Gasteiger partial charge < -0.3 is 9.30 Å². The molecule has 1 aromatic heterocycles. The molecule has 1 atom stereocenters. The third-order valence-corrected chi connectivity index (χ3v) is 3.46. The Bertz CT molecular complexity index is 539. The Morgan fingerprint density at radius 1 is 1.44 bits per heavy atom. The summed E-state index contributed by atoms with van der Waals surface area (Å²) in [7, 11) is 1.71. The number of methoxy groups -OCH3 is 1. The molecule has 0 aliphatic heterocycles. The van der Waals surface area contributed by atoms with Crippen LogP contribution in [0.5, 0.6) is 0 Å². The summed E-state index contributed by atoms with van der Waals surface area (Å²) in [6.07, 6.45) is 0.846. The van der Waals surface area contributed by atoms with Crippen molar-refractivity contribution in [1.82, 2.24) is 9.55 Å². The third-order valence-electron chi connectivity index (χ3n) is 2.97. The van der Waals surface area contributed by atoms with Gasteiger partial charge in [0, 0.05) is 19.4 Å². The average Bonchev–Trinajstić information content (AvgIpc) is 2.70. The van der Waals surface area contributed by atoms with Crippen molar-refractivity contribution in [1.29, 1.82) is 0 Å². The van der Waals surface area contributed by atoms with Crippen LogP contribution in [0.1, 0.15) is 12.7 Å². The number of rotatable bonds is 5. The summed E-state index contributed by atoms with van der Waals surface area (Å²) in [6.45, 7) is 2.78. The maximum absolute atomic E-state index is 6.17. The van der Waals surface area contributed by atoms with Crippen molar-refractivity contribution >= 4 is 34.2 Å². The highest BCUT2D eigenvalue weighted by Gasteiger charge is 2.14. The van der Waals surface area contributed by atoms with Gasteiger partial charge in [-0.25, -0.2) is 4.98 Å². The number of alkyl halides is 1. The monoisotopic (exact) mass is 286 g/mol. The molecule has 0 spiro atoms. The number of aromatic nitrogens is 2. The topological polar surface area (TPSA) is 27.1 Å². The normalized spacial score (nSPS) is 13.1. The minimum atomic E-state index is 0.121. The third kappa shape index (κ3) is 2.63. The highest BCUT2D eigenvalue weighted by Crippen LogP contribution is 2.24. The maximum atomic E-state index is 6.17. The zero-order valence-electron chi connectivity index (χ0n) is 10.5. The molecule has 1 heterocycles.